The fourth-order valence-corrected chi connectivity index (χ4v) is 1.86. The van der Waals surface area contributed by atoms with Crippen LogP contribution in [0.1, 0.15) is 13.8 Å². The van der Waals surface area contributed by atoms with E-state index in [0.29, 0.717) is 0 Å². The zero-order valence-corrected chi connectivity index (χ0v) is 7.59. The van der Waals surface area contributed by atoms with Crippen LogP contribution in [0.5, 0.6) is 0 Å². The summed E-state index contributed by atoms with van der Waals surface area (Å²) in [4.78, 5) is 2.25. The minimum Gasteiger partial charge on any atom is -0.395 e. The van der Waals surface area contributed by atoms with Crippen molar-refractivity contribution in [2.75, 3.05) is 26.7 Å². The molecule has 0 unspecified atom stereocenters. The average molecular weight is 158 g/mol. The van der Waals surface area contributed by atoms with Gasteiger partial charge in [-0.2, -0.15) is 0 Å². The van der Waals surface area contributed by atoms with Crippen LogP contribution in [0, 0.1) is 0 Å². The predicted molar refractivity (Wildman–Crippen MR) is 45.6 cm³/mol. The number of piperazine rings is 1. The number of likely N-dealkylation sites (N-methyl/N-ethyl adjacent to an activating group) is 1. The third-order valence-electron chi connectivity index (χ3n) is 2.01. The number of rotatable bonds is 1. The molecule has 1 aliphatic heterocycles. The summed E-state index contributed by atoms with van der Waals surface area (Å²) in [5.41, 5.74) is 0.139. The van der Waals surface area contributed by atoms with Crippen molar-refractivity contribution in [1.82, 2.24) is 10.2 Å². The molecule has 1 fully saturated rings. The van der Waals surface area contributed by atoms with Gasteiger partial charge >= 0.3 is 0 Å². The maximum atomic E-state index is 8.95. The molecule has 0 bridgehead atoms. The number of hydrogen-bond acceptors (Lipinski definition) is 3. The van der Waals surface area contributed by atoms with Crippen molar-refractivity contribution >= 4 is 0 Å². The Morgan fingerprint density at radius 2 is 2.27 bits per heavy atom. The van der Waals surface area contributed by atoms with Crippen LogP contribution in [-0.2, 0) is 0 Å². The minimum absolute atomic E-state index is 0.139. The van der Waals surface area contributed by atoms with Gasteiger partial charge in [0.15, 0.2) is 0 Å². The van der Waals surface area contributed by atoms with E-state index in [1.54, 1.807) is 0 Å². The van der Waals surface area contributed by atoms with Gasteiger partial charge < -0.3 is 15.3 Å². The van der Waals surface area contributed by atoms with Crippen molar-refractivity contribution in [3.8, 4) is 0 Å². The maximum Gasteiger partial charge on any atom is 0.0597 e. The van der Waals surface area contributed by atoms with Crippen LogP contribution in [0.15, 0.2) is 0 Å². The van der Waals surface area contributed by atoms with E-state index >= 15 is 0 Å². The Hall–Kier alpha value is -0.120. The lowest BCUT2D eigenvalue weighted by atomic mass is 9.99. The van der Waals surface area contributed by atoms with E-state index in [4.69, 9.17) is 5.11 Å². The van der Waals surface area contributed by atoms with Gasteiger partial charge in [-0.3, -0.25) is 0 Å². The molecule has 0 spiro atoms. The lowest BCUT2D eigenvalue weighted by molar-refractivity contribution is 0.104. The van der Waals surface area contributed by atoms with E-state index in [1.165, 1.54) is 0 Å². The Bertz CT molecular complexity index is 136. The van der Waals surface area contributed by atoms with E-state index in [0.717, 1.165) is 13.1 Å². The van der Waals surface area contributed by atoms with Crippen LogP contribution in [0.3, 0.4) is 0 Å². The molecule has 66 valence electrons. The number of aliphatic hydroxyl groups is 1. The summed E-state index contributed by atoms with van der Waals surface area (Å²) in [7, 11) is 2.09. The third kappa shape index (κ3) is 2.43. The van der Waals surface area contributed by atoms with Gasteiger partial charge in [0, 0.05) is 24.7 Å². The molecule has 11 heavy (non-hydrogen) atoms. The zero-order valence-electron chi connectivity index (χ0n) is 7.59. The summed E-state index contributed by atoms with van der Waals surface area (Å²) >= 11 is 0. The minimum atomic E-state index is 0.139. The molecule has 1 rings (SSSR count). The maximum absolute atomic E-state index is 8.95. The summed E-state index contributed by atoms with van der Waals surface area (Å²) in [6.07, 6.45) is 0. The summed E-state index contributed by atoms with van der Waals surface area (Å²) in [5.74, 6) is 0. The molecule has 1 saturated heterocycles. The van der Waals surface area contributed by atoms with Gasteiger partial charge in [-0.25, -0.2) is 0 Å². The number of aliphatic hydroxyl groups excluding tert-OH is 1. The molecule has 0 aromatic rings. The van der Waals surface area contributed by atoms with Crippen molar-refractivity contribution in [1.29, 1.82) is 0 Å². The van der Waals surface area contributed by atoms with Gasteiger partial charge in [0.05, 0.1) is 6.61 Å². The van der Waals surface area contributed by atoms with E-state index in [-0.39, 0.29) is 18.2 Å². The smallest absolute Gasteiger partial charge is 0.0597 e. The second-order valence-corrected chi connectivity index (χ2v) is 4.10. The highest BCUT2D eigenvalue weighted by Crippen LogP contribution is 2.11. The van der Waals surface area contributed by atoms with Crippen molar-refractivity contribution in [3.63, 3.8) is 0 Å². The van der Waals surface area contributed by atoms with Crippen LogP contribution in [0.25, 0.3) is 0 Å². The predicted octanol–water partition coefficient (Wildman–Crippen LogP) is -0.339. The molecule has 3 nitrogen and oxygen atoms in total. The molecule has 0 radical (unpaired) electrons. The first kappa shape index (κ1) is 8.97. The lowest BCUT2D eigenvalue weighted by Gasteiger charge is -2.41. The van der Waals surface area contributed by atoms with E-state index in [2.05, 4.69) is 31.1 Å². The van der Waals surface area contributed by atoms with Crippen LogP contribution in [-0.4, -0.2) is 48.3 Å². The molecule has 2 N–H and O–H groups in total. The van der Waals surface area contributed by atoms with Gasteiger partial charge in [0.1, 0.15) is 0 Å². The van der Waals surface area contributed by atoms with Gasteiger partial charge in [-0.15, -0.1) is 0 Å². The second kappa shape index (κ2) is 3.09. The van der Waals surface area contributed by atoms with Crippen LogP contribution in [0.2, 0.25) is 0 Å². The summed E-state index contributed by atoms with van der Waals surface area (Å²) in [5, 5.41) is 12.3. The number of nitrogens with zero attached hydrogens (tertiary/aromatic N) is 1. The zero-order chi connectivity index (χ0) is 8.48. The van der Waals surface area contributed by atoms with Crippen molar-refractivity contribution in [2.24, 2.45) is 0 Å². The number of nitrogens with one attached hydrogen (secondary N) is 1. The molecular formula is C8H18N2O. The van der Waals surface area contributed by atoms with E-state index in [1.807, 2.05) is 0 Å². The molecule has 1 atom stereocenters. The van der Waals surface area contributed by atoms with Gasteiger partial charge in [-0.05, 0) is 20.9 Å². The summed E-state index contributed by atoms with van der Waals surface area (Å²) in [6.45, 7) is 6.54. The highest BCUT2D eigenvalue weighted by atomic mass is 16.3. The lowest BCUT2D eigenvalue weighted by Crippen LogP contribution is -2.62. The Kier molecular flexibility index (Phi) is 2.52. The second-order valence-electron chi connectivity index (χ2n) is 4.10. The van der Waals surface area contributed by atoms with Crippen molar-refractivity contribution in [3.05, 3.63) is 0 Å². The molecule has 1 heterocycles. The Balaban J connectivity index is 2.51. The van der Waals surface area contributed by atoms with Gasteiger partial charge in [0.2, 0.25) is 0 Å². The molecule has 0 amide bonds. The van der Waals surface area contributed by atoms with Crippen LogP contribution >= 0.6 is 0 Å². The molecule has 1 aliphatic rings. The average Bonchev–Trinajstić information content (AvgIpc) is 1.83. The quantitative estimate of drug-likeness (QED) is 0.548. The SMILES string of the molecule is CN1C[C@@H](CO)NC(C)(C)C1. The third-order valence-corrected chi connectivity index (χ3v) is 2.01. The molecule has 0 aliphatic carbocycles. The monoisotopic (exact) mass is 158 g/mol. The first-order valence-electron chi connectivity index (χ1n) is 4.10. The first-order valence-corrected chi connectivity index (χ1v) is 4.10. The van der Waals surface area contributed by atoms with Crippen molar-refractivity contribution < 1.29 is 5.11 Å². The van der Waals surface area contributed by atoms with Gasteiger partial charge in [-0.1, -0.05) is 0 Å². The molecule has 3 heteroatoms. The van der Waals surface area contributed by atoms with Crippen LogP contribution < -0.4 is 5.32 Å². The normalized spacial score (nSPS) is 32.2. The largest absolute Gasteiger partial charge is 0.395 e. The fourth-order valence-electron chi connectivity index (χ4n) is 1.86. The highest BCUT2D eigenvalue weighted by molar-refractivity contribution is 4.90. The standard InChI is InChI=1S/C8H18N2O/c1-8(2)6-10(3)4-7(5-11)9-8/h7,9,11H,4-6H2,1-3H3/t7-/m0/s1. The molecular weight excluding hydrogens is 140 g/mol. The Morgan fingerprint density at radius 3 is 2.73 bits per heavy atom. The summed E-state index contributed by atoms with van der Waals surface area (Å²) in [6, 6.07) is 0.240. The highest BCUT2D eigenvalue weighted by Gasteiger charge is 2.29. The fraction of sp³-hybridized carbons (Fsp3) is 1.00. The molecule has 0 aromatic heterocycles. The number of hydrogen-bond donors (Lipinski definition) is 2. The van der Waals surface area contributed by atoms with Crippen molar-refractivity contribution in [2.45, 2.75) is 25.4 Å². The molecule has 0 aromatic carbocycles. The van der Waals surface area contributed by atoms with Crippen LogP contribution in [0.4, 0.5) is 0 Å². The van der Waals surface area contributed by atoms with E-state index < -0.39 is 0 Å². The van der Waals surface area contributed by atoms with E-state index in [9.17, 15) is 0 Å². The Labute approximate surface area is 68.4 Å². The first-order chi connectivity index (χ1) is 5.03. The summed E-state index contributed by atoms with van der Waals surface area (Å²) < 4.78 is 0. The van der Waals surface area contributed by atoms with Gasteiger partial charge in [0.25, 0.3) is 0 Å². The Morgan fingerprint density at radius 1 is 1.64 bits per heavy atom. The topological polar surface area (TPSA) is 35.5 Å². The molecule has 0 saturated carbocycles.